The molecule has 0 fully saturated rings. The molecule has 5 nitrogen and oxygen atoms in total. The molecule has 0 saturated heterocycles. The first-order valence-electron chi connectivity index (χ1n) is 9.52. The second-order valence-corrected chi connectivity index (χ2v) is 8.16. The molecular formula is C22H21F3N2O3S. The topological polar surface area (TPSA) is 64.1 Å². The van der Waals surface area contributed by atoms with Gasteiger partial charge in [0.2, 0.25) is 0 Å². The molecule has 0 aliphatic carbocycles. The van der Waals surface area contributed by atoms with Gasteiger partial charge in [0.05, 0.1) is 11.6 Å². The molecule has 0 saturated carbocycles. The number of aromatic nitrogens is 2. The third kappa shape index (κ3) is 5.81. The van der Waals surface area contributed by atoms with Crippen LogP contribution >= 0.6 is 11.8 Å². The first kappa shape index (κ1) is 22.7. The van der Waals surface area contributed by atoms with Gasteiger partial charge in [-0.1, -0.05) is 36.9 Å². The standard InChI is InChI=1S/C22H21F3N2O3S/c1-4-18-19(28)26-21(29)27(20(18)31-17-10-13(2)9-14(3)11-17)12-15-5-7-16(8-6-15)30-22(23,24)25/h5-11H,4,12H2,1-3H3,(H,26,28,29). The van der Waals surface area contributed by atoms with E-state index in [0.717, 1.165) is 16.0 Å². The van der Waals surface area contributed by atoms with Crippen molar-refractivity contribution >= 4 is 11.8 Å². The van der Waals surface area contributed by atoms with Crippen molar-refractivity contribution in [3.05, 3.63) is 85.6 Å². The summed E-state index contributed by atoms with van der Waals surface area (Å²) >= 11 is 1.32. The molecule has 0 aliphatic rings. The van der Waals surface area contributed by atoms with Crippen LogP contribution in [0.4, 0.5) is 13.2 Å². The van der Waals surface area contributed by atoms with Crippen LogP contribution in [0.2, 0.25) is 0 Å². The minimum atomic E-state index is -4.77. The van der Waals surface area contributed by atoms with Crippen LogP contribution in [0.15, 0.2) is 62.0 Å². The maximum absolute atomic E-state index is 12.6. The van der Waals surface area contributed by atoms with Gasteiger partial charge in [-0.2, -0.15) is 0 Å². The summed E-state index contributed by atoms with van der Waals surface area (Å²) in [7, 11) is 0. The number of benzene rings is 2. The molecule has 0 atom stereocenters. The van der Waals surface area contributed by atoms with Crippen molar-refractivity contribution in [3.8, 4) is 5.75 Å². The number of alkyl halides is 3. The van der Waals surface area contributed by atoms with Gasteiger partial charge in [0, 0.05) is 10.5 Å². The molecule has 164 valence electrons. The molecule has 0 unspecified atom stereocenters. The van der Waals surface area contributed by atoms with Crippen LogP contribution in [0.25, 0.3) is 0 Å². The highest BCUT2D eigenvalue weighted by atomic mass is 32.2. The Morgan fingerprint density at radius 3 is 2.19 bits per heavy atom. The second kappa shape index (κ2) is 9.05. The highest BCUT2D eigenvalue weighted by Gasteiger charge is 2.31. The first-order valence-corrected chi connectivity index (χ1v) is 10.3. The lowest BCUT2D eigenvalue weighted by Gasteiger charge is -2.16. The lowest BCUT2D eigenvalue weighted by molar-refractivity contribution is -0.274. The average molecular weight is 450 g/mol. The summed E-state index contributed by atoms with van der Waals surface area (Å²) < 4.78 is 42.4. The van der Waals surface area contributed by atoms with Gasteiger partial charge in [0.25, 0.3) is 5.56 Å². The Bertz CT molecular complexity index is 1180. The number of aryl methyl sites for hydroxylation is 2. The van der Waals surface area contributed by atoms with Gasteiger partial charge < -0.3 is 4.74 Å². The molecule has 1 heterocycles. The number of halogens is 3. The Labute approximate surface area is 180 Å². The van der Waals surface area contributed by atoms with E-state index in [4.69, 9.17) is 0 Å². The Morgan fingerprint density at radius 2 is 1.65 bits per heavy atom. The highest BCUT2D eigenvalue weighted by Crippen LogP contribution is 2.31. The molecule has 2 aromatic carbocycles. The quantitative estimate of drug-likeness (QED) is 0.548. The van der Waals surface area contributed by atoms with E-state index < -0.39 is 17.6 Å². The van der Waals surface area contributed by atoms with E-state index in [1.165, 1.54) is 40.6 Å². The molecule has 9 heteroatoms. The third-order valence-corrected chi connectivity index (χ3v) is 5.64. The van der Waals surface area contributed by atoms with Gasteiger partial charge in [0.15, 0.2) is 0 Å². The Kier molecular flexibility index (Phi) is 6.64. The zero-order valence-corrected chi connectivity index (χ0v) is 18.0. The number of nitrogens with zero attached hydrogens (tertiary/aromatic N) is 1. The van der Waals surface area contributed by atoms with E-state index in [-0.39, 0.29) is 12.3 Å². The van der Waals surface area contributed by atoms with Crippen LogP contribution in [0.5, 0.6) is 5.75 Å². The highest BCUT2D eigenvalue weighted by molar-refractivity contribution is 7.99. The number of hydrogen-bond donors (Lipinski definition) is 1. The molecule has 31 heavy (non-hydrogen) atoms. The number of rotatable bonds is 6. The summed E-state index contributed by atoms with van der Waals surface area (Å²) in [5.41, 5.74) is 2.15. The summed E-state index contributed by atoms with van der Waals surface area (Å²) in [6.07, 6.45) is -4.36. The molecule has 0 spiro atoms. The Hall–Kier alpha value is -2.94. The van der Waals surface area contributed by atoms with Gasteiger partial charge in [0.1, 0.15) is 5.75 Å². The molecule has 0 radical (unpaired) electrons. The minimum Gasteiger partial charge on any atom is -0.406 e. The lowest BCUT2D eigenvalue weighted by Crippen LogP contribution is -2.34. The summed E-state index contributed by atoms with van der Waals surface area (Å²) in [5, 5.41) is 0.511. The maximum Gasteiger partial charge on any atom is 0.573 e. The Balaban J connectivity index is 2.01. The summed E-state index contributed by atoms with van der Waals surface area (Å²) in [5.74, 6) is -0.343. The number of aromatic amines is 1. The van der Waals surface area contributed by atoms with Crippen molar-refractivity contribution < 1.29 is 17.9 Å². The van der Waals surface area contributed by atoms with Crippen LogP contribution in [0, 0.1) is 13.8 Å². The van der Waals surface area contributed by atoms with E-state index in [2.05, 4.69) is 9.72 Å². The molecule has 3 aromatic rings. The van der Waals surface area contributed by atoms with Crippen LogP contribution < -0.4 is 16.0 Å². The molecule has 0 aliphatic heterocycles. The van der Waals surface area contributed by atoms with Crippen LogP contribution in [-0.2, 0) is 13.0 Å². The molecule has 3 rings (SSSR count). The van der Waals surface area contributed by atoms with Crippen LogP contribution in [0.3, 0.4) is 0 Å². The number of H-pyrrole nitrogens is 1. The largest absolute Gasteiger partial charge is 0.573 e. The normalized spacial score (nSPS) is 11.5. The van der Waals surface area contributed by atoms with Gasteiger partial charge in [-0.3, -0.25) is 14.3 Å². The van der Waals surface area contributed by atoms with Gasteiger partial charge in [-0.15, -0.1) is 13.2 Å². The number of nitrogens with one attached hydrogen (secondary N) is 1. The van der Waals surface area contributed by atoms with Gasteiger partial charge in [-0.25, -0.2) is 4.79 Å². The molecule has 1 aromatic heterocycles. The van der Waals surface area contributed by atoms with Crippen molar-refractivity contribution in [1.29, 1.82) is 0 Å². The minimum absolute atomic E-state index is 0.0854. The molecule has 1 N–H and O–H groups in total. The van der Waals surface area contributed by atoms with Crippen molar-refractivity contribution in [3.63, 3.8) is 0 Å². The third-order valence-electron chi connectivity index (χ3n) is 4.50. The number of hydrogen-bond acceptors (Lipinski definition) is 4. The maximum atomic E-state index is 12.6. The first-order chi connectivity index (χ1) is 14.6. The van der Waals surface area contributed by atoms with E-state index in [1.54, 1.807) is 0 Å². The zero-order chi connectivity index (χ0) is 22.8. The average Bonchev–Trinajstić information content (AvgIpc) is 2.64. The lowest BCUT2D eigenvalue weighted by atomic mass is 10.2. The van der Waals surface area contributed by atoms with Gasteiger partial charge in [-0.05, 0) is 61.2 Å². The second-order valence-electron chi connectivity index (χ2n) is 7.10. The predicted octanol–water partition coefficient (Wildman–Crippen LogP) is 4.81. The SMILES string of the molecule is CCc1c(Sc2cc(C)cc(C)c2)n(Cc2ccc(OC(F)(F)F)cc2)c(=O)[nH]c1=O. The van der Waals surface area contributed by atoms with Crippen LogP contribution in [-0.4, -0.2) is 15.9 Å². The smallest absolute Gasteiger partial charge is 0.406 e. The number of ether oxygens (including phenoxy) is 1. The fraction of sp³-hybridized carbons (Fsp3) is 0.273. The van der Waals surface area contributed by atoms with Crippen molar-refractivity contribution in [1.82, 2.24) is 9.55 Å². The van der Waals surface area contributed by atoms with E-state index in [0.29, 0.717) is 22.6 Å². The fourth-order valence-corrected chi connectivity index (χ4v) is 4.58. The molecular weight excluding hydrogens is 429 g/mol. The summed E-state index contributed by atoms with van der Waals surface area (Å²) in [6.45, 7) is 5.84. The van der Waals surface area contributed by atoms with Crippen molar-refractivity contribution in [2.24, 2.45) is 0 Å². The summed E-state index contributed by atoms with van der Waals surface area (Å²) in [6, 6.07) is 11.3. The van der Waals surface area contributed by atoms with E-state index in [1.807, 2.05) is 39.0 Å². The van der Waals surface area contributed by atoms with Crippen molar-refractivity contribution in [2.75, 3.05) is 0 Å². The fourth-order valence-electron chi connectivity index (χ4n) is 3.25. The zero-order valence-electron chi connectivity index (χ0n) is 17.2. The molecule has 0 bridgehead atoms. The molecule has 0 amide bonds. The Morgan fingerprint density at radius 1 is 1.03 bits per heavy atom. The monoisotopic (exact) mass is 450 g/mol. The van der Waals surface area contributed by atoms with Gasteiger partial charge >= 0.3 is 12.1 Å². The predicted molar refractivity (Wildman–Crippen MR) is 113 cm³/mol. The van der Waals surface area contributed by atoms with E-state index in [9.17, 15) is 22.8 Å². The van der Waals surface area contributed by atoms with E-state index >= 15 is 0 Å². The van der Waals surface area contributed by atoms with Crippen LogP contribution in [0.1, 0.15) is 29.2 Å². The summed E-state index contributed by atoms with van der Waals surface area (Å²) in [4.78, 5) is 28.2. The van der Waals surface area contributed by atoms with Crippen molar-refractivity contribution in [2.45, 2.75) is 50.0 Å².